The van der Waals surface area contributed by atoms with Gasteiger partial charge in [0.05, 0.1) is 6.04 Å². The smallest absolute Gasteiger partial charge is 0.155 e. The Morgan fingerprint density at radius 1 is 0.581 bits per heavy atom. The Morgan fingerprint density at radius 2 is 1.05 bits per heavy atom. The molecule has 4 nitrogen and oxygen atoms in total. The summed E-state index contributed by atoms with van der Waals surface area (Å²) in [6, 6.07) is 48.3. The van der Waals surface area contributed by atoms with Gasteiger partial charge in [-0.05, 0) is 46.4 Å². The lowest BCUT2D eigenvalue weighted by Crippen LogP contribution is -2.42. The fraction of sp³-hybridized carbons (Fsp3) is 0.179. The fourth-order valence-corrected chi connectivity index (χ4v) is 5.28. The van der Waals surface area contributed by atoms with Crippen LogP contribution >= 0.6 is 0 Å². The lowest BCUT2D eigenvalue weighted by Gasteiger charge is -2.31. The van der Waals surface area contributed by atoms with Crippen LogP contribution in [0.2, 0.25) is 0 Å². The third-order valence-electron chi connectivity index (χ3n) is 7.52. The first kappa shape index (κ1) is 29.7. The molecule has 0 spiro atoms. The molecule has 1 N–H and O–H groups in total. The van der Waals surface area contributed by atoms with Gasteiger partial charge in [-0.2, -0.15) is 0 Å². The van der Waals surface area contributed by atoms with Crippen molar-refractivity contribution in [2.45, 2.75) is 45.0 Å². The number of ketones is 1. The zero-order valence-corrected chi connectivity index (χ0v) is 24.4. The Balaban J connectivity index is 1.37. The molecule has 0 radical (unpaired) electrons. The summed E-state index contributed by atoms with van der Waals surface area (Å²) in [4.78, 5) is 16.4. The molecular weight excluding hydrogens is 528 g/mol. The Labute approximate surface area is 255 Å². The van der Waals surface area contributed by atoms with E-state index in [-0.39, 0.29) is 12.2 Å². The molecule has 5 aromatic carbocycles. The van der Waals surface area contributed by atoms with Crippen LogP contribution in [0.15, 0.2) is 146 Å². The van der Waals surface area contributed by atoms with E-state index in [1.807, 2.05) is 109 Å². The van der Waals surface area contributed by atoms with Crippen LogP contribution in [0.1, 0.15) is 34.2 Å². The van der Waals surface area contributed by atoms with E-state index in [4.69, 9.17) is 10.1 Å². The minimum Gasteiger partial charge on any atom is -0.489 e. The Kier molecular flexibility index (Phi) is 10.7. The van der Waals surface area contributed by atoms with Crippen LogP contribution in [-0.2, 0) is 37.3 Å². The van der Waals surface area contributed by atoms with Crippen molar-refractivity contribution < 1.29 is 9.53 Å². The van der Waals surface area contributed by atoms with Gasteiger partial charge >= 0.3 is 0 Å². The topological polar surface area (TPSA) is 53.4 Å². The van der Waals surface area contributed by atoms with Crippen molar-refractivity contribution >= 4 is 11.5 Å². The first-order valence-corrected chi connectivity index (χ1v) is 14.8. The highest BCUT2D eigenvalue weighted by molar-refractivity contribution is 6.03. The van der Waals surface area contributed by atoms with Gasteiger partial charge in [0.1, 0.15) is 12.4 Å². The molecule has 0 unspecified atom stereocenters. The molecule has 5 rings (SSSR count). The van der Waals surface area contributed by atoms with E-state index in [1.54, 1.807) is 0 Å². The monoisotopic (exact) mass is 566 g/mol. The summed E-state index contributed by atoms with van der Waals surface area (Å²) >= 11 is 0. The van der Waals surface area contributed by atoms with Crippen molar-refractivity contribution in [3.05, 3.63) is 173 Å². The van der Waals surface area contributed by atoms with Crippen molar-refractivity contribution in [2.75, 3.05) is 0 Å². The van der Waals surface area contributed by atoms with Crippen LogP contribution in [0.4, 0.5) is 0 Å². The summed E-state index contributed by atoms with van der Waals surface area (Å²) in [5.41, 5.74) is 5.97. The van der Waals surface area contributed by atoms with Crippen molar-refractivity contribution in [2.24, 2.45) is 0 Å². The van der Waals surface area contributed by atoms with Crippen molar-refractivity contribution in [1.29, 1.82) is 5.41 Å². The number of carbonyl (C=O) groups is 1. The average Bonchev–Trinajstić information content (AvgIpc) is 3.05. The van der Waals surface area contributed by atoms with Gasteiger partial charge in [0.2, 0.25) is 0 Å². The highest BCUT2D eigenvalue weighted by Gasteiger charge is 2.27. The predicted molar refractivity (Wildman–Crippen MR) is 174 cm³/mol. The molecular formula is C39H38N2O2. The maximum Gasteiger partial charge on any atom is 0.155 e. The van der Waals surface area contributed by atoms with Gasteiger partial charge < -0.3 is 10.1 Å². The summed E-state index contributed by atoms with van der Waals surface area (Å²) in [6.45, 7) is 1.78. The summed E-state index contributed by atoms with van der Waals surface area (Å²) in [5, 5.41) is 8.70. The fourth-order valence-electron chi connectivity index (χ4n) is 5.28. The molecule has 0 amide bonds. The molecule has 43 heavy (non-hydrogen) atoms. The molecule has 0 saturated carbocycles. The van der Waals surface area contributed by atoms with Crippen LogP contribution < -0.4 is 4.74 Å². The number of carbonyl (C=O) groups excluding carboxylic acids is 1. The SMILES string of the molecule is N=C(CC(=O)[C@H](Cc1ccc(OCc2ccccc2)cc1)N(Cc1ccccc1)Cc1ccccc1)Cc1ccccc1. The zero-order valence-electron chi connectivity index (χ0n) is 24.4. The van der Waals surface area contributed by atoms with Crippen molar-refractivity contribution in [3.8, 4) is 5.75 Å². The van der Waals surface area contributed by atoms with E-state index in [0.717, 1.165) is 33.6 Å². The number of Topliss-reactive ketones (excluding diaryl/α,β-unsaturated/α-hetero) is 1. The van der Waals surface area contributed by atoms with E-state index in [9.17, 15) is 4.79 Å². The standard InChI is InChI=1S/C39H38N2O2/c40-36(25-31-13-5-1-6-14-31)27-39(42)38(26-32-21-23-37(24-22-32)43-30-35-19-11-4-12-20-35)41(28-33-15-7-2-8-16-33)29-34-17-9-3-10-18-34/h1-24,38,40H,25-30H2/t38-/m0/s1. The van der Waals surface area contributed by atoms with Crippen molar-refractivity contribution in [3.63, 3.8) is 0 Å². The van der Waals surface area contributed by atoms with Gasteiger partial charge in [0.25, 0.3) is 0 Å². The van der Waals surface area contributed by atoms with E-state index in [1.165, 1.54) is 0 Å². The number of nitrogens with one attached hydrogen (secondary N) is 1. The summed E-state index contributed by atoms with van der Waals surface area (Å²) < 4.78 is 6.01. The Hall–Kier alpha value is -4.80. The number of rotatable bonds is 15. The van der Waals surface area contributed by atoms with Crippen LogP contribution in [0.3, 0.4) is 0 Å². The highest BCUT2D eigenvalue weighted by Crippen LogP contribution is 2.22. The quantitative estimate of drug-likeness (QED) is 0.130. The summed E-state index contributed by atoms with van der Waals surface area (Å²) in [5.74, 6) is 0.864. The number of hydrogen-bond acceptors (Lipinski definition) is 4. The van der Waals surface area contributed by atoms with E-state index in [0.29, 0.717) is 38.2 Å². The van der Waals surface area contributed by atoms with Gasteiger partial charge in [0.15, 0.2) is 5.78 Å². The average molecular weight is 567 g/mol. The minimum atomic E-state index is -0.396. The largest absolute Gasteiger partial charge is 0.489 e. The van der Waals surface area contributed by atoms with Gasteiger partial charge in [0, 0.05) is 31.6 Å². The highest BCUT2D eigenvalue weighted by atomic mass is 16.5. The molecule has 0 aliphatic carbocycles. The molecule has 4 heteroatoms. The van der Waals surface area contributed by atoms with Crippen molar-refractivity contribution in [1.82, 2.24) is 4.90 Å². The molecule has 0 aromatic heterocycles. The van der Waals surface area contributed by atoms with Gasteiger partial charge in [-0.1, -0.05) is 133 Å². The number of nitrogens with zero attached hydrogens (tertiary/aromatic N) is 1. The summed E-state index contributed by atoms with van der Waals surface area (Å²) in [6.07, 6.45) is 1.15. The van der Waals surface area contributed by atoms with E-state index in [2.05, 4.69) is 41.3 Å². The first-order chi connectivity index (χ1) is 21.1. The lowest BCUT2D eigenvalue weighted by molar-refractivity contribution is -0.123. The van der Waals surface area contributed by atoms with Crippen LogP contribution in [0, 0.1) is 5.41 Å². The zero-order chi connectivity index (χ0) is 29.7. The van der Waals surface area contributed by atoms with Crippen LogP contribution in [0.25, 0.3) is 0 Å². The number of ether oxygens (including phenoxy) is 1. The molecule has 5 aromatic rings. The first-order valence-electron chi connectivity index (χ1n) is 14.8. The molecule has 0 fully saturated rings. The van der Waals surface area contributed by atoms with Gasteiger partial charge in [-0.3, -0.25) is 9.69 Å². The maximum atomic E-state index is 14.1. The Morgan fingerprint density at radius 3 is 1.56 bits per heavy atom. The third-order valence-corrected chi connectivity index (χ3v) is 7.52. The number of hydrogen-bond donors (Lipinski definition) is 1. The second kappa shape index (κ2) is 15.4. The molecule has 0 bridgehead atoms. The summed E-state index contributed by atoms with van der Waals surface area (Å²) in [7, 11) is 0. The second-order valence-electron chi connectivity index (χ2n) is 10.9. The third kappa shape index (κ3) is 9.35. The lowest BCUT2D eigenvalue weighted by atomic mass is 9.94. The normalized spacial score (nSPS) is 11.7. The van der Waals surface area contributed by atoms with Gasteiger partial charge in [-0.15, -0.1) is 0 Å². The molecule has 0 saturated heterocycles. The van der Waals surface area contributed by atoms with E-state index < -0.39 is 6.04 Å². The van der Waals surface area contributed by atoms with Crippen LogP contribution in [0.5, 0.6) is 5.75 Å². The Bertz CT molecular complexity index is 1510. The van der Waals surface area contributed by atoms with Crippen LogP contribution in [-0.4, -0.2) is 22.4 Å². The molecule has 0 aliphatic rings. The molecule has 0 aliphatic heterocycles. The maximum absolute atomic E-state index is 14.1. The van der Waals surface area contributed by atoms with Gasteiger partial charge in [-0.25, -0.2) is 0 Å². The minimum absolute atomic E-state index is 0.0668. The molecule has 216 valence electrons. The predicted octanol–water partition coefficient (Wildman–Crippen LogP) is 8.10. The van der Waals surface area contributed by atoms with E-state index >= 15 is 0 Å². The second-order valence-corrected chi connectivity index (χ2v) is 10.9. The number of benzene rings is 5. The molecule has 0 heterocycles. The molecule has 1 atom stereocenters.